The van der Waals surface area contributed by atoms with Crippen LogP contribution < -0.4 is 10.6 Å². The predicted molar refractivity (Wildman–Crippen MR) is 103 cm³/mol. The molecule has 0 heterocycles. The molecule has 3 aromatic carbocycles. The largest absolute Gasteiger partial charge is 0.418 e. The summed E-state index contributed by atoms with van der Waals surface area (Å²) in [7, 11) is 0. The van der Waals surface area contributed by atoms with Crippen LogP contribution in [0, 0.1) is 0 Å². The molecule has 0 aromatic heterocycles. The van der Waals surface area contributed by atoms with E-state index in [-0.39, 0.29) is 10.7 Å². The molecule has 0 aliphatic rings. The molecule has 3 aromatic rings. The molecule has 0 atom stereocenters. The third-order valence-corrected chi connectivity index (χ3v) is 4.31. The minimum Gasteiger partial charge on any atom is -0.327 e. The summed E-state index contributed by atoms with van der Waals surface area (Å²) >= 11 is 5.68. The van der Waals surface area contributed by atoms with Crippen LogP contribution in [0.5, 0.6) is 0 Å². The highest BCUT2D eigenvalue weighted by Gasteiger charge is 2.34. The lowest BCUT2D eigenvalue weighted by molar-refractivity contribution is -0.136. The van der Waals surface area contributed by atoms with Crippen LogP contribution in [-0.2, 0) is 6.18 Å². The molecule has 0 saturated carbocycles. The lowest BCUT2D eigenvalue weighted by Gasteiger charge is -2.21. The van der Waals surface area contributed by atoms with E-state index < -0.39 is 23.8 Å². The number of hydrogen-bond donors (Lipinski definition) is 2. The Morgan fingerprint density at radius 2 is 1.39 bits per heavy atom. The van der Waals surface area contributed by atoms with Gasteiger partial charge in [0.15, 0.2) is 0 Å². The SMILES string of the molecule is O=C(Nc1ccc(Cl)cc1C(F)(F)F)NC(c1ccccc1)c1ccccc1. The van der Waals surface area contributed by atoms with Gasteiger partial charge in [0, 0.05) is 5.02 Å². The topological polar surface area (TPSA) is 41.1 Å². The molecule has 0 saturated heterocycles. The molecule has 2 N–H and O–H groups in total. The maximum absolute atomic E-state index is 13.2. The molecular formula is C21H16ClF3N2O. The van der Waals surface area contributed by atoms with Crippen molar-refractivity contribution in [3.8, 4) is 0 Å². The van der Waals surface area contributed by atoms with E-state index >= 15 is 0 Å². The first kappa shape index (κ1) is 19.8. The smallest absolute Gasteiger partial charge is 0.327 e. The number of carbonyl (C=O) groups excluding carboxylic acids is 1. The standard InChI is InChI=1S/C21H16ClF3N2O/c22-16-11-12-18(17(13-16)21(23,24)25)26-20(28)27-19(14-7-3-1-4-8-14)15-9-5-2-6-10-15/h1-13,19H,(H2,26,27,28). The number of benzene rings is 3. The van der Waals surface area contributed by atoms with E-state index in [2.05, 4.69) is 10.6 Å². The summed E-state index contributed by atoms with van der Waals surface area (Å²) in [5.74, 6) is 0. The van der Waals surface area contributed by atoms with Crippen LogP contribution in [0.2, 0.25) is 5.02 Å². The van der Waals surface area contributed by atoms with Crippen molar-refractivity contribution in [1.82, 2.24) is 5.32 Å². The van der Waals surface area contributed by atoms with E-state index in [4.69, 9.17) is 11.6 Å². The van der Waals surface area contributed by atoms with Crippen molar-refractivity contribution < 1.29 is 18.0 Å². The van der Waals surface area contributed by atoms with Crippen molar-refractivity contribution in [2.75, 3.05) is 5.32 Å². The maximum Gasteiger partial charge on any atom is 0.418 e. The molecule has 144 valence electrons. The monoisotopic (exact) mass is 404 g/mol. The van der Waals surface area contributed by atoms with Crippen LogP contribution >= 0.6 is 11.6 Å². The number of halogens is 4. The van der Waals surface area contributed by atoms with E-state index in [1.807, 2.05) is 60.7 Å². The van der Waals surface area contributed by atoms with Crippen LogP contribution in [0.1, 0.15) is 22.7 Å². The van der Waals surface area contributed by atoms with E-state index in [0.29, 0.717) is 0 Å². The van der Waals surface area contributed by atoms with Gasteiger partial charge in [-0.1, -0.05) is 72.3 Å². The number of rotatable bonds is 4. The Bertz CT molecular complexity index is 907. The molecule has 3 rings (SSSR count). The zero-order valence-corrected chi connectivity index (χ0v) is 15.3. The van der Waals surface area contributed by atoms with Gasteiger partial charge in [0.05, 0.1) is 17.3 Å². The Hall–Kier alpha value is -2.99. The van der Waals surface area contributed by atoms with Crippen LogP contribution in [0.3, 0.4) is 0 Å². The van der Waals surface area contributed by atoms with Gasteiger partial charge in [0.25, 0.3) is 0 Å². The molecule has 0 fully saturated rings. The molecular weight excluding hydrogens is 389 g/mol. The molecule has 0 spiro atoms. The molecule has 0 radical (unpaired) electrons. The highest BCUT2D eigenvalue weighted by Crippen LogP contribution is 2.36. The average Bonchev–Trinajstić information content (AvgIpc) is 2.68. The summed E-state index contributed by atoms with van der Waals surface area (Å²) in [6.07, 6.45) is -4.65. The van der Waals surface area contributed by atoms with E-state index in [9.17, 15) is 18.0 Å². The number of hydrogen-bond acceptors (Lipinski definition) is 1. The molecule has 3 nitrogen and oxygen atoms in total. The summed E-state index contributed by atoms with van der Waals surface area (Å²) in [6, 6.07) is 20.2. The highest BCUT2D eigenvalue weighted by molar-refractivity contribution is 6.30. The van der Waals surface area contributed by atoms with Gasteiger partial charge < -0.3 is 10.6 Å². The maximum atomic E-state index is 13.2. The van der Waals surface area contributed by atoms with Crippen LogP contribution in [0.25, 0.3) is 0 Å². The fourth-order valence-electron chi connectivity index (χ4n) is 2.80. The summed E-state index contributed by atoms with van der Waals surface area (Å²) < 4.78 is 39.7. The number of anilines is 1. The van der Waals surface area contributed by atoms with Gasteiger partial charge >= 0.3 is 12.2 Å². The van der Waals surface area contributed by atoms with Crippen LogP contribution in [-0.4, -0.2) is 6.03 Å². The van der Waals surface area contributed by atoms with E-state index in [1.54, 1.807) is 0 Å². The number of urea groups is 1. The average molecular weight is 405 g/mol. The zero-order valence-electron chi connectivity index (χ0n) is 14.5. The highest BCUT2D eigenvalue weighted by atomic mass is 35.5. The molecule has 2 amide bonds. The fraction of sp³-hybridized carbons (Fsp3) is 0.0952. The molecule has 0 unspecified atom stereocenters. The summed E-state index contributed by atoms with van der Waals surface area (Å²) in [4.78, 5) is 12.5. The summed E-state index contributed by atoms with van der Waals surface area (Å²) in [6.45, 7) is 0. The zero-order chi connectivity index (χ0) is 20.1. The lowest BCUT2D eigenvalue weighted by Crippen LogP contribution is -2.33. The molecule has 0 aliphatic carbocycles. The summed E-state index contributed by atoms with van der Waals surface area (Å²) in [5.41, 5.74) is 0.229. The number of alkyl halides is 3. The normalized spacial score (nSPS) is 11.3. The van der Waals surface area contributed by atoms with Crippen molar-refractivity contribution in [3.05, 3.63) is 101 Å². The number of nitrogens with one attached hydrogen (secondary N) is 2. The number of amides is 2. The predicted octanol–water partition coefficient (Wildman–Crippen LogP) is 6.27. The van der Waals surface area contributed by atoms with Crippen LogP contribution in [0.4, 0.5) is 23.7 Å². The third-order valence-electron chi connectivity index (χ3n) is 4.08. The quantitative estimate of drug-likeness (QED) is 0.528. The Morgan fingerprint density at radius 3 is 1.89 bits per heavy atom. The first-order chi connectivity index (χ1) is 13.3. The third kappa shape index (κ3) is 4.84. The van der Waals surface area contributed by atoms with Crippen molar-refractivity contribution >= 4 is 23.3 Å². The van der Waals surface area contributed by atoms with Gasteiger partial charge in [0.2, 0.25) is 0 Å². The second kappa shape index (κ2) is 8.35. The Kier molecular flexibility index (Phi) is 5.90. The van der Waals surface area contributed by atoms with Crippen molar-refractivity contribution in [3.63, 3.8) is 0 Å². The fourth-order valence-corrected chi connectivity index (χ4v) is 2.97. The van der Waals surface area contributed by atoms with Gasteiger partial charge in [0.1, 0.15) is 0 Å². The van der Waals surface area contributed by atoms with Gasteiger partial charge in [-0.2, -0.15) is 13.2 Å². The first-order valence-electron chi connectivity index (χ1n) is 8.39. The van der Waals surface area contributed by atoms with Crippen LogP contribution in [0.15, 0.2) is 78.9 Å². The Labute approximate surface area is 165 Å². The second-order valence-corrected chi connectivity index (χ2v) is 6.48. The van der Waals surface area contributed by atoms with Crippen molar-refractivity contribution in [2.24, 2.45) is 0 Å². The molecule has 0 aliphatic heterocycles. The minimum atomic E-state index is -4.65. The molecule has 28 heavy (non-hydrogen) atoms. The van der Waals surface area contributed by atoms with Crippen molar-refractivity contribution in [2.45, 2.75) is 12.2 Å². The van der Waals surface area contributed by atoms with E-state index in [1.165, 1.54) is 6.07 Å². The minimum absolute atomic E-state index is 0.0651. The van der Waals surface area contributed by atoms with Gasteiger partial charge in [-0.25, -0.2) is 4.79 Å². The summed E-state index contributed by atoms with van der Waals surface area (Å²) in [5, 5.41) is 4.96. The van der Waals surface area contributed by atoms with Gasteiger partial charge in [-0.3, -0.25) is 0 Å². The first-order valence-corrected chi connectivity index (χ1v) is 8.76. The Morgan fingerprint density at radius 1 is 0.857 bits per heavy atom. The van der Waals surface area contributed by atoms with E-state index in [0.717, 1.165) is 23.3 Å². The lowest BCUT2D eigenvalue weighted by atomic mass is 9.99. The molecule has 0 bridgehead atoms. The second-order valence-electron chi connectivity index (χ2n) is 6.04. The molecule has 7 heteroatoms. The van der Waals surface area contributed by atoms with Crippen molar-refractivity contribution in [1.29, 1.82) is 0 Å². The number of carbonyl (C=O) groups is 1. The van der Waals surface area contributed by atoms with Gasteiger partial charge in [-0.15, -0.1) is 0 Å². The Balaban J connectivity index is 1.86. The van der Waals surface area contributed by atoms with Gasteiger partial charge in [-0.05, 0) is 29.3 Å².